The van der Waals surface area contributed by atoms with Gasteiger partial charge in [-0.2, -0.15) is 11.8 Å². The van der Waals surface area contributed by atoms with Crippen LogP contribution in [-0.2, 0) is 4.79 Å². The van der Waals surface area contributed by atoms with Crippen LogP contribution in [0.5, 0.6) is 0 Å². The van der Waals surface area contributed by atoms with Crippen LogP contribution < -0.4 is 10.6 Å². The number of thioether (sulfide) groups is 1. The lowest BCUT2D eigenvalue weighted by atomic mass is 10.1. The third-order valence-electron chi connectivity index (χ3n) is 4.15. The summed E-state index contributed by atoms with van der Waals surface area (Å²) in [6.07, 6.45) is 2.50. The summed E-state index contributed by atoms with van der Waals surface area (Å²) in [5, 5.41) is 8.11. The highest BCUT2D eigenvalue weighted by Gasteiger charge is 2.23. The molecule has 29 heavy (non-hydrogen) atoms. The Morgan fingerprint density at radius 2 is 1.86 bits per heavy atom. The quantitative estimate of drug-likeness (QED) is 0.463. The van der Waals surface area contributed by atoms with Gasteiger partial charge in [0.15, 0.2) is 5.13 Å². The highest BCUT2D eigenvalue weighted by atomic mass is 79.9. The monoisotopic (exact) mass is 489 g/mol. The molecule has 150 valence electrons. The predicted molar refractivity (Wildman–Crippen MR) is 125 cm³/mol. The van der Waals surface area contributed by atoms with Crippen molar-refractivity contribution in [2.45, 2.75) is 12.5 Å². The molecule has 3 rings (SSSR count). The molecule has 0 aliphatic carbocycles. The zero-order chi connectivity index (χ0) is 20.6. The van der Waals surface area contributed by atoms with Crippen LogP contribution in [-0.4, -0.2) is 34.8 Å². The molecular formula is C21H20BrN3O2S2. The van der Waals surface area contributed by atoms with Crippen molar-refractivity contribution in [3.05, 3.63) is 70.0 Å². The topological polar surface area (TPSA) is 71.1 Å². The van der Waals surface area contributed by atoms with Crippen molar-refractivity contribution in [2.24, 2.45) is 0 Å². The minimum atomic E-state index is -0.647. The lowest BCUT2D eigenvalue weighted by molar-refractivity contribution is -0.118. The molecule has 0 fully saturated rings. The summed E-state index contributed by atoms with van der Waals surface area (Å²) in [7, 11) is 0. The minimum Gasteiger partial charge on any atom is -0.340 e. The van der Waals surface area contributed by atoms with E-state index in [9.17, 15) is 9.59 Å². The maximum atomic E-state index is 12.8. The third-order valence-corrected chi connectivity index (χ3v) is 6.25. The van der Waals surface area contributed by atoms with Gasteiger partial charge in [-0.3, -0.25) is 9.59 Å². The number of amides is 2. The molecule has 1 atom stereocenters. The molecule has 2 N–H and O–H groups in total. The third kappa shape index (κ3) is 5.91. The molecule has 3 aromatic rings. The maximum Gasteiger partial charge on any atom is 0.253 e. The molecule has 1 aromatic heterocycles. The van der Waals surface area contributed by atoms with Gasteiger partial charge >= 0.3 is 0 Å². The molecule has 0 aliphatic rings. The van der Waals surface area contributed by atoms with Gasteiger partial charge in [-0.25, -0.2) is 4.98 Å². The smallest absolute Gasteiger partial charge is 0.253 e. The number of carbonyl (C=O) groups is 2. The first-order valence-corrected chi connectivity index (χ1v) is 12.0. The van der Waals surface area contributed by atoms with Gasteiger partial charge in [-0.15, -0.1) is 11.3 Å². The number of rotatable bonds is 8. The van der Waals surface area contributed by atoms with Gasteiger partial charge in [0.2, 0.25) is 5.91 Å². The van der Waals surface area contributed by atoms with E-state index >= 15 is 0 Å². The van der Waals surface area contributed by atoms with Crippen molar-refractivity contribution >= 4 is 56.0 Å². The number of carbonyl (C=O) groups excluding carboxylic acids is 2. The molecule has 1 heterocycles. The second-order valence-electron chi connectivity index (χ2n) is 6.18. The number of anilines is 1. The van der Waals surface area contributed by atoms with E-state index in [4.69, 9.17) is 0 Å². The molecule has 0 saturated carbocycles. The van der Waals surface area contributed by atoms with E-state index in [2.05, 4.69) is 31.5 Å². The van der Waals surface area contributed by atoms with E-state index in [0.717, 1.165) is 17.0 Å². The first kappa shape index (κ1) is 21.5. The summed E-state index contributed by atoms with van der Waals surface area (Å²) in [6, 6.07) is 16.3. The average molecular weight is 490 g/mol. The van der Waals surface area contributed by atoms with Crippen molar-refractivity contribution in [3.63, 3.8) is 0 Å². The summed E-state index contributed by atoms with van der Waals surface area (Å²) in [5.74, 6) is 0.192. The summed E-state index contributed by atoms with van der Waals surface area (Å²) in [5.41, 5.74) is 2.30. The van der Waals surface area contributed by atoms with Crippen LogP contribution in [0, 0.1) is 0 Å². The molecule has 0 radical (unpaired) electrons. The highest BCUT2D eigenvalue weighted by Crippen LogP contribution is 2.25. The summed E-state index contributed by atoms with van der Waals surface area (Å²) < 4.78 is 0.689. The molecule has 1 unspecified atom stereocenters. The largest absolute Gasteiger partial charge is 0.340 e. The second kappa shape index (κ2) is 10.6. The molecule has 0 aliphatic heterocycles. The molecular weight excluding hydrogens is 470 g/mol. The Hall–Kier alpha value is -2.16. The number of thiazole rings is 1. The van der Waals surface area contributed by atoms with Gasteiger partial charge in [-0.1, -0.05) is 42.5 Å². The van der Waals surface area contributed by atoms with E-state index in [-0.39, 0.29) is 11.8 Å². The van der Waals surface area contributed by atoms with Gasteiger partial charge in [0, 0.05) is 15.4 Å². The minimum absolute atomic E-state index is 0.270. The van der Waals surface area contributed by atoms with Crippen LogP contribution in [0.1, 0.15) is 16.8 Å². The zero-order valence-electron chi connectivity index (χ0n) is 15.7. The van der Waals surface area contributed by atoms with Gasteiger partial charge in [-0.05, 0) is 46.5 Å². The normalized spacial score (nSPS) is 11.7. The maximum absolute atomic E-state index is 12.8. The first-order valence-electron chi connectivity index (χ1n) is 8.94. The standard InChI is InChI=1S/C21H20BrN3O2S2/c1-28-12-11-17(23-19(26)15-9-5-6-10-16(15)22)20(27)25-21-24-18(13-29-21)14-7-3-2-4-8-14/h2-10,13,17H,11-12H2,1H3,(H,23,26)(H,24,25,27). The van der Waals surface area contributed by atoms with Crippen LogP contribution >= 0.6 is 39.0 Å². The number of aromatic nitrogens is 1. The number of hydrogen-bond acceptors (Lipinski definition) is 5. The van der Waals surface area contributed by atoms with E-state index in [1.807, 2.05) is 48.0 Å². The SMILES string of the molecule is CSCCC(NC(=O)c1ccccc1Br)C(=O)Nc1nc(-c2ccccc2)cs1. The first-order chi connectivity index (χ1) is 14.1. The van der Waals surface area contributed by atoms with Crippen molar-refractivity contribution in [1.82, 2.24) is 10.3 Å². The number of halogens is 1. The molecule has 2 amide bonds. The lowest BCUT2D eigenvalue weighted by Crippen LogP contribution is -2.44. The van der Waals surface area contributed by atoms with Gasteiger partial charge in [0.25, 0.3) is 5.91 Å². The van der Waals surface area contributed by atoms with Crippen LogP contribution in [0.4, 0.5) is 5.13 Å². The summed E-state index contributed by atoms with van der Waals surface area (Å²) in [6.45, 7) is 0. The Kier molecular flexibility index (Phi) is 7.85. The molecule has 8 heteroatoms. The van der Waals surface area contributed by atoms with Crippen molar-refractivity contribution in [1.29, 1.82) is 0 Å². The molecule has 5 nitrogen and oxygen atoms in total. The molecule has 2 aromatic carbocycles. The fourth-order valence-corrected chi connectivity index (χ4v) is 4.31. The van der Waals surface area contributed by atoms with Crippen molar-refractivity contribution in [2.75, 3.05) is 17.3 Å². The van der Waals surface area contributed by atoms with E-state index in [0.29, 0.717) is 21.6 Å². The zero-order valence-corrected chi connectivity index (χ0v) is 18.9. The van der Waals surface area contributed by atoms with Crippen molar-refractivity contribution in [3.8, 4) is 11.3 Å². The van der Waals surface area contributed by atoms with E-state index in [1.54, 1.807) is 30.0 Å². The summed E-state index contributed by atoms with van der Waals surface area (Å²) in [4.78, 5) is 30.0. The van der Waals surface area contributed by atoms with Gasteiger partial charge in [0.1, 0.15) is 6.04 Å². The lowest BCUT2D eigenvalue weighted by Gasteiger charge is -2.18. The van der Waals surface area contributed by atoms with Crippen LogP contribution in [0.2, 0.25) is 0 Å². The fourth-order valence-electron chi connectivity index (χ4n) is 2.65. The van der Waals surface area contributed by atoms with E-state index in [1.165, 1.54) is 11.3 Å². The Balaban J connectivity index is 1.70. The Morgan fingerprint density at radius 3 is 2.59 bits per heavy atom. The van der Waals surface area contributed by atoms with Crippen LogP contribution in [0.15, 0.2) is 64.5 Å². The highest BCUT2D eigenvalue weighted by molar-refractivity contribution is 9.10. The van der Waals surface area contributed by atoms with Gasteiger partial charge in [0.05, 0.1) is 11.3 Å². The number of nitrogens with one attached hydrogen (secondary N) is 2. The Morgan fingerprint density at radius 1 is 1.14 bits per heavy atom. The molecule has 0 spiro atoms. The number of hydrogen-bond donors (Lipinski definition) is 2. The van der Waals surface area contributed by atoms with Crippen molar-refractivity contribution < 1.29 is 9.59 Å². The fraction of sp³-hybridized carbons (Fsp3) is 0.190. The Labute approximate surface area is 186 Å². The van der Waals surface area contributed by atoms with Crippen LogP contribution in [0.3, 0.4) is 0 Å². The number of nitrogens with zero attached hydrogens (tertiary/aromatic N) is 1. The second-order valence-corrected chi connectivity index (χ2v) is 8.88. The molecule has 0 bridgehead atoms. The molecule has 0 saturated heterocycles. The van der Waals surface area contributed by atoms with Gasteiger partial charge < -0.3 is 10.6 Å². The number of benzene rings is 2. The van der Waals surface area contributed by atoms with E-state index < -0.39 is 6.04 Å². The Bertz CT molecular complexity index is 979. The van der Waals surface area contributed by atoms with Crippen LogP contribution in [0.25, 0.3) is 11.3 Å². The predicted octanol–water partition coefficient (Wildman–Crippen LogP) is 5.06. The average Bonchev–Trinajstić information content (AvgIpc) is 3.20. The summed E-state index contributed by atoms with van der Waals surface area (Å²) >= 11 is 6.37.